The van der Waals surface area contributed by atoms with Gasteiger partial charge < -0.3 is 0 Å². The van der Waals surface area contributed by atoms with E-state index < -0.39 is 0 Å². The molecular formula is C17H21N. The van der Waals surface area contributed by atoms with Gasteiger partial charge in [0, 0.05) is 11.3 Å². The second kappa shape index (κ2) is 4.56. The van der Waals surface area contributed by atoms with Crippen molar-refractivity contribution in [2.75, 3.05) is 0 Å². The molecule has 18 heavy (non-hydrogen) atoms. The number of hydrogen-bond donors (Lipinski definition) is 0. The summed E-state index contributed by atoms with van der Waals surface area (Å²) in [4.78, 5) is 4.72. The van der Waals surface area contributed by atoms with Gasteiger partial charge >= 0.3 is 0 Å². The number of benzene rings is 1. The summed E-state index contributed by atoms with van der Waals surface area (Å²) in [5.41, 5.74) is 6.15. The quantitative estimate of drug-likeness (QED) is 0.705. The first-order valence-electron chi connectivity index (χ1n) is 6.44. The molecule has 0 saturated heterocycles. The van der Waals surface area contributed by atoms with E-state index in [2.05, 4.69) is 71.0 Å². The Morgan fingerprint density at radius 1 is 0.889 bits per heavy atom. The van der Waals surface area contributed by atoms with Gasteiger partial charge in [-0.1, -0.05) is 51.1 Å². The molecule has 1 heteroatoms. The topological polar surface area (TPSA) is 12.9 Å². The Kier molecular flexibility index (Phi) is 3.25. The molecular weight excluding hydrogens is 218 g/mol. The zero-order valence-electron chi connectivity index (χ0n) is 11.9. The number of aryl methyl sites for hydroxylation is 2. The van der Waals surface area contributed by atoms with Crippen LogP contribution in [-0.2, 0) is 5.41 Å². The number of rotatable bonds is 1. The van der Waals surface area contributed by atoms with Crippen molar-refractivity contribution in [1.82, 2.24) is 4.98 Å². The number of nitrogens with zero attached hydrogens (tertiary/aromatic N) is 1. The van der Waals surface area contributed by atoms with Crippen molar-refractivity contribution in [3.63, 3.8) is 0 Å². The summed E-state index contributed by atoms with van der Waals surface area (Å²) in [6.07, 6.45) is 0. The first kappa shape index (κ1) is 12.8. The van der Waals surface area contributed by atoms with Crippen LogP contribution in [0.1, 0.15) is 37.6 Å². The maximum absolute atomic E-state index is 4.72. The van der Waals surface area contributed by atoms with Crippen molar-refractivity contribution >= 4 is 0 Å². The molecule has 1 nitrogen and oxygen atoms in total. The molecule has 0 bridgehead atoms. The summed E-state index contributed by atoms with van der Waals surface area (Å²) >= 11 is 0. The Morgan fingerprint density at radius 2 is 1.56 bits per heavy atom. The van der Waals surface area contributed by atoms with Crippen LogP contribution in [0.3, 0.4) is 0 Å². The van der Waals surface area contributed by atoms with Crippen LogP contribution in [0.25, 0.3) is 11.3 Å². The standard InChI is InChI=1S/C17H21N/c1-12-10-11-16(18-13(12)2)14-8-6-7-9-15(14)17(3,4)5/h6-11H,1-5H3. The molecule has 0 aliphatic heterocycles. The smallest absolute Gasteiger partial charge is 0.0708 e. The van der Waals surface area contributed by atoms with Gasteiger partial charge in [0.15, 0.2) is 0 Å². The van der Waals surface area contributed by atoms with E-state index >= 15 is 0 Å². The molecule has 1 aromatic heterocycles. The van der Waals surface area contributed by atoms with E-state index in [1.165, 1.54) is 16.7 Å². The Labute approximate surface area is 110 Å². The Bertz CT molecular complexity index is 562. The van der Waals surface area contributed by atoms with Gasteiger partial charge in [0.1, 0.15) is 0 Å². The summed E-state index contributed by atoms with van der Waals surface area (Å²) in [7, 11) is 0. The van der Waals surface area contributed by atoms with Crippen LogP contribution < -0.4 is 0 Å². The van der Waals surface area contributed by atoms with Gasteiger partial charge in [-0.15, -0.1) is 0 Å². The SMILES string of the molecule is Cc1ccc(-c2ccccc2C(C)(C)C)nc1C. The van der Waals surface area contributed by atoms with Crippen molar-refractivity contribution in [3.8, 4) is 11.3 Å². The molecule has 1 heterocycles. The average molecular weight is 239 g/mol. The van der Waals surface area contributed by atoms with Gasteiger partial charge in [-0.3, -0.25) is 4.98 Å². The number of aromatic nitrogens is 1. The molecule has 0 amide bonds. The third-order valence-electron chi connectivity index (χ3n) is 3.36. The van der Waals surface area contributed by atoms with Gasteiger partial charge in [0.05, 0.1) is 5.69 Å². The Balaban J connectivity index is 2.61. The molecule has 0 saturated carbocycles. The van der Waals surface area contributed by atoms with Crippen molar-refractivity contribution in [2.24, 2.45) is 0 Å². The molecule has 0 N–H and O–H groups in total. The van der Waals surface area contributed by atoms with E-state index in [0.29, 0.717) is 0 Å². The molecule has 2 rings (SSSR count). The molecule has 0 spiro atoms. The molecule has 0 atom stereocenters. The van der Waals surface area contributed by atoms with E-state index in [-0.39, 0.29) is 5.41 Å². The molecule has 0 radical (unpaired) electrons. The Morgan fingerprint density at radius 3 is 2.17 bits per heavy atom. The first-order chi connectivity index (χ1) is 8.39. The minimum absolute atomic E-state index is 0.136. The zero-order valence-corrected chi connectivity index (χ0v) is 11.9. The van der Waals surface area contributed by atoms with Gasteiger partial charge in [-0.2, -0.15) is 0 Å². The lowest BCUT2D eigenvalue weighted by Crippen LogP contribution is -2.12. The average Bonchev–Trinajstić information content (AvgIpc) is 2.32. The van der Waals surface area contributed by atoms with Gasteiger partial charge in [-0.25, -0.2) is 0 Å². The predicted octanol–water partition coefficient (Wildman–Crippen LogP) is 4.66. The van der Waals surface area contributed by atoms with Crippen LogP contribution in [0, 0.1) is 13.8 Å². The highest BCUT2D eigenvalue weighted by Gasteiger charge is 2.18. The highest BCUT2D eigenvalue weighted by molar-refractivity contribution is 5.65. The molecule has 94 valence electrons. The van der Waals surface area contributed by atoms with E-state index in [1.807, 2.05) is 0 Å². The van der Waals surface area contributed by atoms with Gasteiger partial charge in [-0.05, 0) is 36.5 Å². The van der Waals surface area contributed by atoms with E-state index in [4.69, 9.17) is 4.98 Å². The highest BCUT2D eigenvalue weighted by atomic mass is 14.7. The predicted molar refractivity (Wildman–Crippen MR) is 77.8 cm³/mol. The van der Waals surface area contributed by atoms with Crippen LogP contribution in [0.2, 0.25) is 0 Å². The normalized spacial score (nSPS) is 11.6. The lowest BCUT2D eigenvalue weighted by molar-refractivity contribution is 0.591. The monoisotopic (exact) mass is 239 g/mol. The summed E-state index contributed by atoms with van der Waals surface area (Å²) in [5.74, 6) is 0. The minimum atomic E-state index is 0.136. The van der Waals surface area contributed by atoms with Crippen LogP contribution in [0.15, 0.2) is 36.4 Å². The lowest BCUT2D eigenvalue weighted by Gasteiger charge is -2.22. The number of pyridine rings is 1. The minimum Gasteiger partial charge on any atom is -0.253 e. The summed E-state index contributed by atoms with van der Waals surface area (Å²) in [6, 6.07) is 12.8. The second-order valence-corrected chi connectivity index (χ2v) is 5.89. The molecule has 0 aliphatic carbocycles. The molecule has 2 aromatic rings. The fourth-order valence-corrected chi connectivity index (χ4v) is 2.14. The molecule has 0 unspecified atom stereocenters. The second-order valence-electron chi connectivity index (χ2n) is 5.89. The Hall–Kier alpha value is -1.63. The molecule has 1 aromatic carbocycles. The summed E-state index contributed by atoms with van der Waals surface area (Å²) in [5, 5.41) is 0. The lowest BCUT2D eigenvalue weighted by atomic mass is 9.83. The fourth-order valence-electron chi connectivity index (χ4n) is 2.14. The van der Waals surface area contributed by atoms with Crippen LogP contribution in [0.5, 0.6) is 0 Å². The largest absolute Gasteiger partial charge is 0.253 e. The van der Waals surface area contributed by atoms with Crippen molar-refractivity contribution < 1.29 is 0 Å². The van der Waals surface area contributed by atoms with Crippen molar-refractivity contribution in [3.05, 3.63) is 53.2 Å². The third-order valence-corrected chi connectivity index (χ3v) is 3.36. The van der Waals surface area contributed by atoms with Crippen LogP contribution >= 0.6 is 0 Å². The van der Waals surface area contributed by atoms with Gasteiger partial charge in [0.2, 0.25) is 0 Å². The van der Waals surface area contributed by atoms with E-state index in [1.54, 1.807) is 0 Å². The fraction of sp³-hybridized carbons (Fsp3) is 0.353. The van der Waals surface area contributed by atoms with Crippen LogP contribution in [-0.4, -0.2) is 4.98 Å². The van der Waals surface area contributed by atoms with E-state index in [0.717, 1.165) is 11.4 Å². The third kappa shape index (κ3) is 2.45. The van der Waals surface area contributed by atoms with Crippen LogP contribution in [0.4, 0.5) is 0 Å². The van der Waals surface area contributed by atoms with Crippen molar-refractivity contribution in [2.45, 2.75) is 40.0 Å². The summed E-state index contributed by atoms with van der Waals surface area (Å²) in [6.45, 7) is 10.9. The molecule has 0 aliphatic rings. The summed E-state index contributed by atoms with van der Waals surface area (Å²) < 4.78 is 0. The van der Waals surface area contributed by atoms with Gasteiger partial charge in [0.25, 0.3) is 0 Å². The van der Waals surface area contributed by atoms with E-state index in [9.17, 15) is 0 Å². The first-order valence-corrected chi connectivity index (χ1v) is 6.44. The molecule has 0 fully saturated rings. The maximum atomic E-state index is 4.72. The van der Waals surface area contributed by atoms with Crippen molar-refractivity contribution in [1.29, 1.82) is 0 Å². The zero-order chi connectivity index (χ0) is 13.3. The maximum Gasteiger partial charge on any atom is 0.0708 e. The number of hydrogen-bond acceptors (Lipinski definition) is 1. The highest BCUT2D eigenvalue weighted by Crippen LogP contribution is 2.32.